The number of hydrogen-bond donors (Lipinski definition) is 1. The molecule has 16 heavy (non-hydrogen) atoms. The van der Waals surface area contributed by atoms with Gasteiger partial charge in [0.2, 0.25) is 6.41 Å². The Hall–Kier alpha value is -1.62. The summed E-state index contributed by atoms with van der Waals surface area (Å²) in [4.78, 5) is 13.9. The molecule has 1 rings (SSSR count). The molecule has 0 unspecified atom stereocenters. The van der Waals surface area contributed by atoms with Crippen LogP contribution in [0.15, 0.2) is 12.1 Å². The van der Waals surface area contributed by atoms with Gasteiger partial charge < -0.3 is 15.5 Å². The van der Waals surface area contributed by atoms with Gasteiger partial charge in [0.25, 0.3) is 0 Å². The molecule has 0 fully saturated rings. The summed E-state index contributed by atoms with van der Waals surface area (Å²) >= 11 is 0. The molecule has 0 aliphatic rings. The van der Waals surface area contributed by atoms with Gasteiger partial charge in [-0.2, -0.15) is 0 Å². The highest BCUT2D eigenvalue weighted by molar-refractivity contribution is 5.83. The van der Waals surface area contributed by atoms with Gasteiger partial charge in [0.05, 0.1) is 11.4 Å². The van der Waals surface area contributed by atoms with Crippen molar-refractivity contribution in [2.75, 3.05) is 30.9 Å². The molecule has 1 aromatic carbocycles. The number of carbonyl (C=O) groups excluding carboxylic acids is 1. The quantitative estimate of drug-likeness (QED) is 0.776. The van der Waals surface area contributed by atoms with Crippen molar-refractivity contribution in [2.24, 2.45) is 5.73 Å². The Morgan fingerprint density at radius 1 is 1.31 bits per heavy atom. The van der Waals surface area contributed by atoms with Crippen LogP contribution in [0, 0.1) is 5.82 Å². The average Bonchev–Trinajstić information content (AvgIpc) is 2.27. The van der Waals surface area contributed by atoms with Gasteiger partial charge in [-0.05, 0) is 12.1 Å². The van der Waals surface area contributed by atoms with E-state index in [2.05, 4.69) is 0 Å². The summed E-state index contributed by atoms with van der Waals surface area (Å²) in [5, 5.41) is 0. The monoisotopic (exact) mass is 225 g/mol. The fraction of sp³-hybridized carbons (Fsp3) is 0.364. The largest absolute Gasteiger partial charge is 0.376 e. The summed E-state index contributed by atoms with van der Waals surface area (Å²) in [5.41, 5.74) is 7.11. The molecule has 0 saturated heterocycles. The summed E-state index contributed by atoms with van der Waals surface area (Å²) in [6, 6.07) is 2.98. The van der Waals surface area contributed by atoms with Gasteiger partial charge in [-0.3, -0.25) is 4.79 Å². The minimum absolute atomic E-state index is 0.110. The molecule has 2 N–H and O–H groups in total. The Kier molecular flexibility index (Phi) is 3.84. The van der Waals surface area contributed by atoms with Crippen molar-refractivity contribution in [1.29, 1.82) is 0 Å². The summed E-state index contributed by atoms with van der Waals surface area (Å²) < 4.78 is 13.5. The zero-order chi connectivity index (χ0) is 12.3. The van der Waals surface area contributed by atoms with Gasteiger partial charge in [0, 0.05) is 33.3 Å². The maximum absolute atomic E-state index is 13.5. The van der Waals surface area contributed by atoms with Gasteiger partial charge in [0.15, 0.2) is 0 Å². The van der Waals surface area contributed by atoms with Crippen molar-refractivity contribution in [3.8, 4) is 0 Å². The average molecular weight is 225 g/mol. The molecule has 0 radical (unpaired) electrons. The second-order valence-electron chi connectivity index (χ2n) is 3.75. The number of anilines is 2. The highest BCUT2D eigenvalue weighted by atomic mass is 19.1. The maximum atomic E-state index is 13.5. The standard InChI is InChI=1S/C11H16FN3O/c1-14(2)10-5-9(12)8(6-13)4-11(10)15(3)7-16/h4-5,7H,6,13H2,1-3H3. The molecule has 0 saturated carbocycles. The number of hydrogen-bond acceptors (Lipinski definition) is 3. The van der Waals surface area contributed by atoms with Gasteiger partial charge in [0.1, 0.15) is 5.82 Å². The van der Waals surface area contributed by atoms with Crippen molar-refractivity contribution in [3.05, 3.63) is 23.5 Å². The van der Waals surface area contributed by atoms with Crippen molar-refractivity contribution < 1.29 is 9.18 Å². The SMILES string of the molecule is CN(C)c1cc(F)c(CN)cc1N(C)C=O. The first-order valence-corrected chi connectivity index (χ1v) is 4.89. The maximum Gasteiger partial charge on any atom is 0.213 e. The molecule has 5 heteroatoms. The Morgan fingerprint density at radius 3 is 2.38 bits per heavy atom. The highest BCUT2D eigenvalue weighted by Gasteiger charge is 2.13. The third-order valence-corrected chi connectivity index (χ3v) is 2.38. The molecule has 88 valence electrons. The van der Waals surface area contributed by atoms with Crippen LogP contribution in [-0.2, 0) is 11.3 Å². The number of halogens is 1. The first-order chi connectivity index (χ1) is 7.51. The molecule has 1 aromatic rings. The highest BCUT2D eigenvalue weighted by Crippen LogP contribution is 2.29. The van der Waals surface area contributed by atoms with Crippen LogP contribution in [-0.4, -0.2) is 27.6 Å². The molecular formula is C11H16FN3O. The molecule has 0 heterocycles. The smallest absolute Gasteiger partial charge is 0.213 e. The van der Waals surface area contributed by atoms with Crippen LogP contribution in [0.4, 0.5) is 15.8 Å². The number of rotatable bonds is 4. The Morgan fingerprint density at radius 2 is 1.94 bits per heavy atom. The van der Waals surface area contributed by atoms with E-state index in [0.29, 0.717) is 23.3 Å². The molecule has 0 aromatic heterocycles. The van der Waals surface area contributed by atoms with Crippen LogP contribution in [0.3, 0.4) is 0 Å². The molecule has 0 bridgehead atoms. The lowest BCUT2D eigenvalue weighted by molar-refractivity contribution is -0.107. The molecular weight excluding hydrogens is 209 g/mol. The minimum Gasteiger partial charge on any atom is -0.376 e. The summed E-state index contributed by atoms with van der Waals surface area (Å²) in [6.07, 6.45) is 0.681. The predicted molar refractivity (Wildman–Crippen MR) is 63.1 cm³/mol. The Balaban J connectivity index is 3.36. The molecule has 4 nitrogen and oxygen atoms in total. The van der Waals surface area contributed by atoms with E-state index < -0.39 is 0 Å². The summed E-state index contributed by atoms with van der Waals surface area (Å²) in [5.74, 6) is -0.353. The molecule has 0 aliphatic carbocycles. The molecule has 0 atom stereocenters. The first kappa shape index (κ1) is 12.4. The third kappa shape index (κ3) is 2.30. The van der Waals surface area contributed by atoms with Crippen molar-refractivity contribution in [3.63, 3.8) is 0 Å². The van der Waals surface area contributed by atoms with Crippen LogP contribution in [0.5, 0.6) is 0 Å². The number of carbonyl (C=O) groups is 1. The fourth-order valence-corrected chi connectivity index (χ4v) is 1.45. The zero-order valence-corrected chi connectivity index (χ0v) is 9.70. The minimum atomic E-state index is -0.353. The second kappa shape index (κ2) is 4.94. The number of nitrogens with zero attached hydrogens (tertiary/aromatic N) is 2. The topological polar surface area (TPSA) is 49.6 Å². The summed E-state index contributed by atoms with van der Waals surface area (Å²) in [6.45, 7) is 0.110. The number of amides is 1. The van der Waals surface area contributed by atoms with Crippen LogP contribution in [0.2, 0.25) is 0 Å². The lowest BCUT2D eigenvalue weighted by atomic mass is 10.1. The van der Waals surface area contributed by atoms with Crippen molar-refractivity contribution in [2.45, 2.75) is 6.54 Å². The van der Waals surface area contributed by atoms with Crippen LogP contribution < -0.4 is 15.5 Å². The second-order valence-corrected chi connectivity index (χ2v) is 3.75. The van der Waals surface area contributed by atoms with Gasteiger partial charge in [-0.25, -0.2) is 4.39 Å². The van der Waals surface area contributed by atoms with E-state index in [1.54, 1.807) is 32.1 Å². The van der Waals surface area contributed by atoms with Crippen LogP contribution >= 0.6 is 0 Å². The van der Waals surface area contributed by atoms with E-state index in [1.165, 1.54) is 11.0 Å². The van der Waals surface area contributed by atoms with Gasteiger partial charge in [-0.15, -0.1) is 0 Å². The lowest BCUT2D eigenvalue weighted by Crippen LogP contribution is -2.20. The Labute approximate surface area is 94.4 Å². The zero-order valence-electron chi connectivity index (χ0n) is 9.70. The molecule has 0 aliphatic heterocycles. The number of nitrogens with two attached hydrogens (primary N) is 1. The Bertz CT molecular complexity index is 393. The van der Waals surface area contributed by atoms with Crippen LogP contribution in [0.25, 0.3) is 0 Å². The number of benzene rings is 1. The van der Waals surface area contributed by atoms with Gasteiger partial charge >= 0.3 is 0 Å². The molecule has 1 amide bonds. The van der Waals surface area contributed by atoms with E-state index in [4.69, 9.17) is 5.73 Å². The van der Waals surface area contributed by atoms with Crippen molar-refractivity contribution in [1.82, 2.24) is 0 Å². The first-order valence-electron chi connectivity index (χ1n) is 4.89. The van der Waals surface area contributed by atoms with E-state index >= 15 is 0 Å². The predicted octanol–water partition coefficient (Wildman–Crippen LogP) is 0.943. The van der Waals surface area contributed by atoms with E-state index in [1.807, 2.05) is 0 Å². The van der Waals surface area contributed by atoms with E-state index in [-0.39, 0.29) is 12.4 Å². The van der Waals surface area contributed by atoms with Gasteiger partial charge in [-0.1, -0.05) is 0 Å². The summed E-state index contributed by atoms with van der Waals surface area (Å²) in [7, 11) is 5.20. The lowest BCUT2D eigenvalue weighted by Gasteiger charge is -2.22. The van der Waals surface area contributed by atoms with Crippen LogP contribution in [0.1, 0.15) is 5.56 Å². The van der Waals surface area contributed by atoms with E-state index in [0.717, 1.165) is 0 Å². The third-order valence-electron chi connectivity index (χ3n) is 2.38. The van der Waals surface area contributed by atoms with Crippen molar-refractivity contribution >= 4 is 17.8 Å². The molecule has 0 spiro atoms. The van der Waals surface area contributed by atoms with E-state index in [9.17, 15) is 9.18 Å². The normalized spacial score (nSPS) is 10.1. The fourth-order valence-electron chi connectivity index (χ4n) is 1.45.